The van der Waals surface area contributed by atoms with Crippen molar-refractivity contribution in [1.82, 2.24) is 0 Å². The molecule has 1 heteroatoms. The molecular weight excluding hydrogens is 172 g/mol. The Kier molecular flexibility index (Phi) is 2.76. The lowest BCUT2D eigenvalue weighted by atomic mass is 10.0. The van der Waals surface area contributed by atoms with Gasteiger partial charge in [-0.15, -0.1) is 0 Å². The molecule has 0 aromatic heterocycles. The van der Waals surface area contributed by atoms with Gasteiger partial charge in [0.25, 0.3) is 0 Å². The smallest absolute Gasteiger partial charge is 0.123 e. The normalized spacial score (nSPS) is 15.6. The molecule has 0 spiro atoms. The number of benzene rings is 1. The number of rotatable bonds is 4. The van der Waals surface area contributed by atoms with Crippen LogP contribution in [-0.4, -0.2) is 6.10 Å². The fraction of sp³-hybridized carbons (Fsp3) is 0.538. The van der Waals surface area contributed by atoms with Gasteiger partial charge in [-0.2, -0.15) is 0 Å². The van der Waals surface area contributed by atoms with Crippen LogP contribution in [0.1, 0.15) is 37.8 Å². The van der Waals surface area contributed by atoms with E-state index in [9.17, 15) is 0 Å². The average molecular weight is 190 g/mol. The minimum atomic E-state index is 0.507. The summed E-state index contributed by atoms with van der Waals surface area (Å²) in [5, 5.41) is 0. The number of hydrogen-bond acceptors (Lipinski definition) is 1. The Morgan fingerprint density at radius 2 is 2.00 bits per heavy atom. The predicted octanol–water partition coefficient (Wildman–Crippen LogP) is 3.35. The molecule has 76 valence electrons. The standard InChI is InChI=1S/C13H18O/c1-3-10-6-5-7-13(12(10)4-2)14-11-8-9-11/h5-7,11H,3-4,8-9H2,1-2H3. The van der Waals surface area contributed by atoms with E-state index in [0.717, 1.165) is 18.6 Å². The molecule has 1 aromatic rings. The van der Waals surface area contributed by atoms with Gasteiger partial charge in [-0.3, -0.25) is 0 Å². The van der Waals surface area contributed by atoms with E-state index in [2.05, 4.69) is 32.0 Å². The Morgan fingerprint density at radius 1 is 1.21 bits per heavy atom. The Balaban J connectivity index is 2.26. The molecule has 1 aliphatic rings. The van der Waals surface area contributed by atoms with Crippen molar-refractivity contribution in [2.24, 2.45) is 0 Å². The molecule has 0 amide bonds. The zero-order chi connectivity index (χ0) is 9.97. The third-order valence-corrected chi connectivity index (χ3v) is 2.78. The van der Waals surface area contributed by atoms with Crippen LogP contribution in [-0.2, 0) is 12.8 Å². The molecule has 1 aliphatic carbocycles. The van der Waals surface area contributed by atoms with Gasteiger partial charge in [0.15, 0.2) is 0 Å². The lowest BCUT2D eigenvalue weighted by molar-refractivity contribution is 0.300. The van der Waals surface area contributed by atoms with Crippen LogP contribution in [0.15, 0.2) is 18.2 Å². The van der Waals surface area contributed by atoms with Crippen LogP contribution in [0.5, 0.6) is 5.75 Å². The second kappa shape index (κ2) is 4.04. The first kappa shape index (κ1) is 9.57. The summed E-state index contributed by atoms with van der Waals surface area (Å²) in [4.78, 5) is 0. The highest BCUT2D eigenvalue weighted by molar-refractivity contribution is 5.40. The lowest BCUT2D eigenvalue weighted by Gasteiger charge is -2.12. The van der Waals surface area contributed by atoms with E-state index in [-0.39, 0.29) is 0 Å². The molecule has 0 saturated heterocycles. The maximum atomic E-state index is 5.89. The molecule has 0 unspecified atom stereocenters. The topological polar surface area (TPSA) is 9.23 Å². The van der Waals surface area contributed by atoms with Gasteiger partial charge in [0.1, 0.15) is 5.75 Å². The summed E-state index contributed by atoms with van der Waals surface area (Å²) in [7, 11) is 0. The highest BCUT2D eigenvalue weighted by Crippen LogP contribution is 2.31. The van der Waals surface area contributed by atoms with Crippen molar-refractivity contribution >= 4 is 0 Å². The molecular formula is C13H18O. The molecule has 2 rings (SSSR count). The summed E-state index contributed by atoms with van der Waals surface area (Å²) < 4.78 is 5.89. The predicted molar refractivity (Wildman–Crippen MR) is 58.8 cm³/mol. The molecule has 0 aliphatic heterocycles. The third kappa shape index (κ3) is 1.92. The van der Waals surface area contributed by atoms with Crippen LogP contribution in [0.4, 0.5) is 0 Å². The lowest BCUT2D eigenvalue weighted by Crippen LogP contribution is -2.01. The summed E-state index contributed by atoms with van der Waals surface area (Å²) in [6.45, 7) is 4.41. The van der Waals surface area contributed by atoms with E-state index in [1.807, 2.05) is 0 Å². The maximum Gasteiger partial charge on any atom is 0.123 e. The van der Waals surface area contributed by atoms with Gasteiger partial charge in [0.2, 0.25) is 0 Å². The van der Waals surface area contributed by atoms with E-state index in [0.29, 0.717) is 6.10 Å². The minimum Gasteiger partial charge on any atom is -0.490 e. The molecule has 0 N–H and O–H groups in total. The molecule has 1 nitrogen and oxygen atoms in total. The van der Waals surface area contributed by atoms with Crippen LogP contribution in [0, 0.1) is 0 Å². The Bertz CT molecular complexity index is 313. The Labute approximate surface area is 86.1 Å². The zero-order valence-electron chi connectivity index (χ0n) is 9.05. The summed E-state index contributed by atoms with van der Waals surface area (Å²) in [5.41, 5.74) is 2.84. The van der Waals surface area contributed by atoms with Crippen LogP contribution in [0.2, 0.25) is 0 Å². The van der Waals surface area contributed by atoms with Crippen molar-refractivity contribution in [3.8, 4) is 5.75 Å². The number of ether oxygens (including phenoxy) is 1. The van der Waals surface area contributed by atoms with Gasteiger partial charge < -0.3 is 4.74 Å². The zero-order valence-corrected chi connectivity index (χ0v) is 9.05. The molecule has 14 heavy (non-hydrogen) atoms. The monoisotopic (exact) mass is 190 g/mol. The first-order valence-electron chi connectivity index (χ1n) is 5.62. The molecule has 0 radical (unpaired) electrons. The fourth-order valence-electron chi connectivity index (χ4n) is 1.82. The third-order valence-electron chi connectivity index (χ3n) is 2.78. The van der Waals surface area contributed by atoms with Gasteiger partial charge in [-0.1, -0.05) is 26.0 Å². The fourth-order valence-corrected chi connectivity index (χ4v) is 1.82. The molecule has 1 saturated carbocycles. The van der Waals surface area contributed by atoms with Crippen molar-refractivity contribution < 1.29 is 4.74 Å². The molecule has 1 fully saturated rings. The van der Waals surface area contributed by atoms with Gasteiger partial charge in [-0.25, -0.2) is 0 Å². The van der Waals surface area contributed by atoms with Crippen LogP contribution in [0.3, 0.4) is 0 Å². The average Bonchev–Trinajstić information content (AvgIpc) is 3.01. The minimum absolute atomic E-state index is 0.507. The van der Waals surface area contributed by atoms with E-state index in [1.54, 1.807) is 0 Å². The van der Waals surface area contributed by atoms with Crippen molar-refractivity contribution in [3.63, 3.8) is 0 Å². The first-order chi connectivity index (χ1) is 6.85. The molecule has 1 aromatic carbocycles. The highest BCUT2D eigenvalue weighted by atomic mass is 16.5. The highest BCUT2D eigenvalue weighted by Gasteiger charge is 2.24. The van der Waals surface area contributed by atoms with Gasteiger partial charge in [0.05, 0.1) is 6.10 Å². The largest absolute Gasteiger partial charge is 0.490 e. The summed E-state index contributed by atoms with van der Waals surface area (Å²) in [5.74, 6) is 1.12. The first-order valence-corrected chi connectivity index (χ1v) is 5.62. The van der Waals surface area contributed by atoms with Crippen molar-refractivity contribution in [2.75, 3.05) is 0 Å². The summed E-state index contributed by atoms with van der Waals surface area (Å²) in [6.07, 6.45) is 5.16. The van der Waals surface area contributed by atoms with E-state index in [4.69, 9.17) is 4.74 Å². The van der Waals surface area contributed by atoms with E-state index in [1.165, 1.54) is 24.0 Å². The summed E-state index contributed by atoms with van der Waals surface area (Å²) in [6, 6.07) is 6.42. The van der Waals surface area contributed by atoms with E-state index >= 15 is 0 Å². The molecule has 0 atom stereocenters. The summed E-state index contributed by atoms with van der Waals surface area (Å²) >= 11 is 0. The molecule has 0 heterocycles. The number of hydrogen-bond donors (Lipinski definition) is 0. The SMILES string of the molecule is CCc1cccc(OC2CC2)c1CC. The van der Waals surface area contributed by atoms with E-state index < -0.39 is 0 Å². The van der Waals surface area contributed by atoms with Crippen LogP contribution < -0.4 is 4.74 Å². The second-order valence-corrected chi connectivity index (χ2v) is 3.92. The van der Waals surface area contributed by atoms with Crippen molar-refractivity contribution in [3.05, 3.63) is 29.3 Å². The van der Waals surface area contributed by atoms with Crippen LogP contribution >= 0.6 is 0 Å². The quantitative estimate of drug-likeness (QED) is 0.707. The van der Waals surface area contributed by atoms with Gasteiger partial charge >= 0.3 is 0 Å². The van der Waals surface area contributed by atoms with Crippen molar-refractivity contribution in [1.29, 1.82) is 0 Å². The maximum absolute atomic E-state index is 5.89. The molecule has 0 bridgehead atoms. The Morgan fingerprint density at radius 3 is 2.57 bits per heavy atom. The number of aryl methyl sites for hydroxylation is 1. The second-order valence-electron chi connectivity index (χ2n) is 3.92. The van der Waals surface area contributed by atoms with Gasteiger partial charge in [-0.05, 0) is 42.9 Å². The van der Waals surface area contributed by atoms with Crippen molar-refractivity contribution in [2.45, 2.75) is 45.6 Å². The Hall–Kier alpha value is -0.980. The van der Waals surface area contributed by atoms with Crippen LogP contribution in [0.25, 0.3) is 0 Å². The van der Waals surface area contributed by atoms with Gasteiger partial charge in [0, 0.05) is 0 Å².